The third-order valence-electron chi connectivity index (χ3n) is 6.06. The van der Waals surface area contributed by atoms with Crippen molar-refractivity contribution in [3.8, 4) is 17.6 Å². The number of ether oxygens (including phenoxy) is 2. The lowest BCUT2D eigenvalue weighted by Crippen LogP contribution is -2.36. The SMILES string of the molecule is COc1cc2c(cc1OC)CN(S(=O)(=O)c1ccc(C(=O)Nc3ccc(C#N)cc3C(=O)O)cc1)CC2. The predicted octanol–water partition coefficient (Wildman–Crippen LogP) is 3.27. The summed E-state index contributed by atoms with van der Waals surface area (Å²) < 4.78 is 38.6. The smallest absolute Gasteiger partial charge is 0.337 e. The van der Waals surface area contributed by atoms with Crippen LogP contribution in [0.4, 0.5) is 5.69 Å². The van der Waals surface area contributed by atoms with Crippen molar-refractivity contribution in [3.05, 3.63) is 82.4 Å². The molecule has 10 nitrogen and oxygen atoms in total. The Morgan fingerprint density at radius 3 is 2.24 bits per heavy atom. The van der Waals surface area contributed by atoms with Crippen LogP contribution < -0.4 is 14.8 Å². The summed E-state index contributed by atoms with van der Waals surface area (Å²) in [6.45, 7) is 0.445. The molecule has 0 radical (unpaired) electrons. The minimum absolute atomic E-state index is 0.0206. The van der Waals surface area contributed by atoms with E-state index in [9.17, 15) is 23.1 Å². The van der Waals surface area contributed by atoms with Gasteiger partial charge in [-0.2, -0.15) is 9.57 Å². The third-order valence-corrected chi connectivity index (χ3v) is 7.92. The van der Waals surface area contributed by atoms with E-state index in [0.29, 0.717) is 17.9 Å². The summed E-state index contributed by atoms with van der Waals surface area (Å²) in [4.78, 5) is 24.2. The van der Waals surface area contributed by atoms with Crippen LogP contribution in [0, 0.1) is 11.3 Å². The summed E-state index contributed by atoms with van der Waals surface area (Å²) in [7, 11) is -0.784. The molecular formula is C26H23N3O7S. The Morgan fingerprint density at radius 2 is 1.65 bits per heavy atom. The molecule has 1 aliphatic rings. The first-order valence-corrected chi connectivity index (χ1v) is 12.5. The zero-order chi connectivity index (χ0) is 26.7. The molecule has 0 aliphatic carbocycles. The normalized spacial score (nSPS) is 13.2. The van der Waals surface area contributed by atoms with Gasteiger partial charge in [0.05, 0.1) is 42.0 Å². The van der Waals surface area contributed by atoms with Gasteiger partial charge in [-0.1, -0.05) is 0 Å². The van der Waals surface area contributed by atoms with E-state index in [1.165, 1.54) is 47.8 Å². The Balaban J connectivity index is 1.53. The molecule has 1 heterocycles. The lowest BCUT2D eigenvalue weighted by Gasteiger charge is -2.29. The molecule has 0 fully saturated rings. The number of carboxylic acid groups (broad SMARTS) is 1. The fourth-order valence-electron chi connectivity index (χ4n) is 4.08. The van der Waals surface area contributed by atoms with Gasteiger partial charge >= 0.3 is 5.97 Å². The van der Waals surface area contributed by atoms with Gasteiger partial charge < -0.3 is 19.9 Å². The number of fused-ring (bicyclic) bond motifs is 1. The number of rotatable bonds is 7. The Kier molecular flexibility index (Phi) is 7.15. The molecule has 0 saturated carbocycles. The number of anilines is 1. The number of methoxy groups -OCH3 is 2. The second-order valence-corrected chi connectivity index (χ2v) is 10.2. The Hall–Kier alpha value is -4.40. The molecule has 190 valence electrons. The van der Waals surface area contributed by atoms with Crippen molar-refractivity contribution in [2.24, 2.45) is 0 Å². The van der Waals surface area contributed by atoms with Gasteiger partial charge in [0, 0.05) is 18.7 Å². The molecule has 11 heteroatoms. The first-order chi connectivity index (χ1) is 17.7. The topological polar surface area (TPSA) is 146 Å². The molecule has 2 N–H and O–H groups in total. The first-order valence-electron chi connectivity index (χ1n) is 11.1. The van der Waals surface area contributed by atoms with E-state index in [-0.39, 0.29) is 40.4 Å². The summed E-state index contributed by atoms with van der Waals surface area (Å²) in [6, 6.07) is 14.8. The number of hydrogen-bond acceptors (Lipinski definition) is 7. The van der Waals surface area contributed by atoms with Gasteiger partial charge in [0.25, 0.3) is 5.91 Å². The van der Waals surface area contributed by atoms with Crippen LogP contribution >= 0.6 is 0 Å². The number of benzene rings is 3. The quantitative estimate of drug-likeness (QED) is 0.482. The van der Waals surface area contributed by atoms with E-state index in [1.807, 2.05) is 12.1 Å². The molecule has 37 heavy (non-hydrogen) atoms. The molecule has 0 aromatic heterocycles. The minimum Gasteiger partial charge on any atom is -0.493 e. The van der Waals surface area contributed by atoms with Crippen LogP contribution in [-0.2, 0) is 23.0 Å². The molecule has 1 amide bonds. The van der Waals surface area contributed by atoms with Gasteiger partial charge in [0.1, 0.15) is 0 Å². The number of nitrogens with one attached hydrogen (secondary N) is 1. The largest absolute Gasteiger partial charge is 0.493 e. The second-order valence-electron chi connectivity index (χ2n) is 8.22. The van der Waals surface area contributed by atoms with Crippen LogP contribution in [0.1, 0.15) is 37.4 Å². The molecule has 3 aromatic rings. The van der Waals surface area contributed by atoms with Crippen molar-refractivity contribution >= 4 is 27.6 Å². The van der Waals surface area contributed by atoms with Crippen LogP contribution in [0.2, 0.25) is 0 Å². The zero-order valence-corrected chi connectivity index (χ0v) is 20.8. The number of amides is 1. The molecule has 0 atom stereocenters. The summed E-state index contributed by atoms with van der Waals surface area (Å²) in [5.41, 5.74) is 1.88. The standard InChI is InChI=1S/C26H23N3O7S/c1-35-23-12-18-9-10-29(15-19(18)13-24(23)36-2)37(33,34)20-6-4-17(5-7-20)25(30)28-22-8-3-16(14-27)11-21(22)26(31)32/h3-8,11-13H,9-10,15H2,1-2H3,(H,28,30)(H,31,32). The fourth-order valence-corrected chi connectivity index (χ4v) is 5.50. The molecule has 0 spiro atoms. The predicted molar refractivity (Wildman–Crippen MR) is 133 cm³/mol. The second kappa shape index (κ2) is 10.3. The molecule has 4 rings (SSSR count). The number of aromatic carboxylic acids is 1. The third kappa shape index (κ3) is 5.11. The van der Waals surface area contributed by atoms with Gasteiger partial charge in [-0.3, -0.25) is 4.79 Å². The maximum atomic E-state index is 13.3. The number of carbonyl (C=O) groups is 2. The average molecular weight is 522 g/mol. The summed E-state index contributed by atoms with van der Waals surface area (Å²) in [6.07, 6.45) is 0.506. The number of nitriles is 1. The summed E-state index contributed by atoms with van der Waals surface area (Å²) in [5.74, 6) is -0.816. The van der Waals surface area contributed by atoms with Gasteiger partial charge in [0.15, 0.2) is 11.5 Å². The highest BCUT2D eigenvalue weighted by atomic mass is 32.2. The molecule has 3 aromatic carbocycles. The number of carbonyl (C=O) groups excluding carboxylic acids is 1. The molecule has 0 saturated heterocycles. The van der Waals surface area contributed by atoms with Crippen LogP contribution in [0.3, 0.4) is 0 Å². The van der Waals surface area contributed by atoms with Crippen LogP contribution in [-0.4, -0.2) is 50.5 Å². The van der Waals surface area contributed by atoms with Gasteiger partial charge in [0.2, 0.25) is 10.0 Å². The van der Waals surface area contributed by atoms with Crippen molar-refractivity contribution in [2.45, 2.75) is 17.9 Å². The van der Waals surface area contributed by atoms with E-state index in [1.54, 1.807) is 13.2 Å². The maximum absolute atomic E-state index is 13.3. The van der Waals surface area contributed by atoms with Crippen molar-refractivity contribution < 1.29 is 32.6 Å². The summed E-state index contributed by atoms with van der Waals surface area (Å²) in [5, 5.41) is 20.9. The highest BCUT2D eigenvalue weighted by Crippen LogP contribution is 2.34. The monoisotopic (exact) mass is 521 g/mol. The molecule has 0 bridgehead atoms. The Bertz CT molecular complexity index is 1530. The fraction of sp³-hybridized carbons (Fsp3) is 0.192. The van der Waals surface area contributed by atoms with Gasteiger partial charge in [-0.15, -0.1) is 0 Å². The van der Waals surface area contributed by atoms with Crippen molar-refractivity contribution in [2.75, 3.05) is 26.1 Å². The Morgan fingerprint density at radius 1 is 1.00 bits per heavy atom. The van der Waals surface area contributed by atoms with Crippen LogP contribution in [0.15, 0.2) is 59.5 Å². The highest BCUT2D eigenvalue weighted by molar-refractivity contribution is 7.89. The molecule has 1 aliphatic heterocycles. The van der Waals surface area contributed by atoms with Gasteiger partial charge in [-0.25, -0.2) is 13.2 Å². The highest BCUT2D eigenvalue weighted by Gasteiger charge is 2.29. The summed E-state index contributed by atoms with van der Waals surface area (Å²) >= 11 is 0. The van der Waals surface area contributed by atoms with E-state index >= 15 is 0 Å². The van der Waals surface area contributed by atoms with Gasteiger partial charge in [-0.05, 0) is 72.1 Å². The molecular weight excluding hydrogens is 498 g/mol. The first kappa shape index (κ1) is 25.7. The van der Waals surface area contributed by atoms with Crippen molar-refractivity contribution in [1.29, 1.82) is 5.26 Å². The number of carboxylic acids is 1. The lowest BCUT2D eigenvalue weighted by molar-refractivity contribution is 0.0698. The molecule has 0 unspecified atom stereocenters. The van der Waals surface area contributed by atoms with E-state index < -0.39 is 21.9 Å². The van der Waals surface area contributed by atoms with Crippen molar-refractivity contribution in [1.82, 2.24) is 4.31 Å². The van der Waals surface area contributed by atoms with Crippen molar-refractivity contribution in [3.63, 3.8) is 0 Å². The lowest BCUT2D eigenvalue weighted by atomic mass is 10.0. The van der Waals surface area contributed by atoms with Crippen LogP contribution in [0.25, 0.3) is 0 Å². The minimum atomic E-state index is -3.85. The van der Waals surface area contributed by atoms with E-state index in [2.05, 4.69) is 5.32 Å². The van der Waals surface area contributed by atoms with E-state index in [4.69, 9.17) is 14.7 Å². The van der Waals surface area contributed by atoms with Crippen LogP contribution in [0.5, 0.6) is 11.5 Å². The number of sulfonamides is 1. The Labute approximate surface area is 213 Å². The average Bonchev–Trinajstić information content (AvgIpc) is 2.91. The maximum Gasteiger partial charge on any atom is 0.337 e. The zero-order valence-electron chi connectivity index (χ0n) is 20.0. The number of nitrogens with zero attached hydrogens (tertiary/aromatic N) is 2. The number of hydrogen-bond donors (Lipinski definition) is 2. The van der Waals surface area contributed by atoms with E-state index in [0.717, 1.165) is 17.2 Å².